The molecule has 0 radical (unpaired) electrons. The quantitative estimate of drug-likeness (QED) is 0.603. The molecule has 1 fully saturated rings. The molecule has 1 aromatic carbocycles. The van der Waals surface area contributed by atoms with Crippen molar-refractivity contribution in [2.45, 2.75) is 19.8 Å². The van der Waals surface area contributed by atoms with Gasteiger partial charge in [0, 0.05) is 29.4 Å². The number of hydrogen-bond donors (Lipinski definition) is 1. The van der Waals surface area contributed by atoms with E-state index in [1.165, 1.54) is 13.1 Å². The third kappa shape index (κ3) is 2.86. The minimum atomic E-state index is -1.19. The molecule has 1 amide bonds. The summed E-state index contributed by atoms with van der Waals surface area (Å²) in [6, 6.07) is 7.03. The Hall–Kier alpha value is -3.25. The molecule has 0 saturated carbocycles. The molecule has 3 aliphatic heterocycles. The number of nitriles is 1. The van der Waals surface area contributed by atoms with Crippen LogP contribution in [0.25, 0.3) is 0 Å². The maximum absolute atomic E-state index is 13.4. The molecule has 3 aliphatic rings. The fraction of sp³-hybridized carbons (Fsp3) is 0.348. The van der Waals surface area contributed by atoms with Crippen molar-refractivity contribution in [3.05, 3.63) is 63.1 Å². The molecule has 1 N–H and O–H groups in total. The van der Waals surface area contributed by atoms with E-state index in [-0.39, 0.29) is 5.69 Å². The normalized spacial score (nSPS) is 24.4. The van der Waals surface area contributed by atoms with Crippen LogP contribution in [-0.4, -0.2) is 37.8 Å². The van der Waals surface area contributed by atoms with Crippen LogP contribution in [0, 0.1) is 29.4 Å². The van der Waals surface area contributed by atoms with Crippen LogP contribution < -0.4 is 14.7 Å². The zero-order chi connectivity index (χ0) is 21.9. The van der Waals surface area contributed by atoms with Crippen molar-refractivity contribution >= 4 is 17.3 Å². The number of ether oxygens (including phenoxy) is 2. The van der Waals surface area contributed by atoms with E-state index < -0.39 is 16.5 Å². The van der Waals surface area contributed by atoms with Gasteiger partial charge in [-0.15, -0.1) is 0 Å². The molecule has 1 saturated heterocycles. The van der Waals surface area contributed by atoms with Crippen molar-refractivity contribution in [1.29, 1.82) is 5.26 Å². The van der Waals surface area contributed by atoms with Gasteiger partial charge in [0.2, 0.25) is 5.88 Å². The number of nitrogens with zero attached hydrogens (tertiary/aromatic N) is 3. The molecule has 2 aromatic rings. The highest BCUT2D eigenvalue weighted by molar-refractivity contribution is 6.09. The number of carbonyl (C=O) groups excluding carboxylic acids is 1. The van der Waals surface area contributed by atoms with Gasteiger partial charge in [-0.2, -0.15) is 5.26 Å². The van der Waals surface area contributed by atoms with Gasteiger partial charge in [0.15, 0.2) is 0 Å². The van der Waals surface area contributed by atoms with E-state index in [2.05, 4.69) is 16.4 Å². The van der Waals surface area contributed by atoms with E-state index in [1.807, 2.05) is 13.8 Å². The summed E-state index contributed by atoms with van der Waals surface area (Å²) >= 11 is 0. The number of allylic oxidation sites excluding steroid dienone is 1. The van der Waals surface area contributed by atoms with Crippen LogP contribution in [-0.2, 0) is 9.53 Å². The number of fused-ring (bicyclic) bond motifs is 5. The molecule has 4 heterocycles. The van der Waals surface area contributed by atoms with Crippen LogP contribution in [0.3, 0.4) is 0 Å². The van der Waals surface area contributed by atoms with E-state index >= 15 is 0 Å². The molecule has 2 atom stereocenters. The average molecular weight is 418 g/mol. The number of anilines is 1. The van der Waals surface area contributed by atoms with E-state index in [0.717, 1.165) is 16.8 Å². The SMILES string of the molecule is CC1=C2C(=O)[N+](C)([O-])c3cc(C#N)ccc3C2c2c(OCC3COC3)ncc(C)c2N1. The average Bonchev–Trinajstić information content (AvgIpc) is 2.72. The first kappa shape index (κ1) is 19.7. The summed E-state index contributed by atoms with van der Waals surface area (Å²) in [5, 5.41) is 26.1. The molecule has 0 bridgehead atoms. The van der Waals surface area contributed by atoms with Crippen molar-refractivity contribution < 1.29 is 14.3 Å². The standard InChI is InChI=1S/C23H22N4O4/c1-12-8-25-22(31-11-15-9-30-10-15)20-19-16-5-4-14(7-24)6-17(16)27(3,29)23(28)18(19)13(2)26-21(12)20/h4-6,8,15,19,26H,9-11H2,1-3H3. The second kappa shape index (κ2) is 6.89. The third-order valence-electron chi connectivity index (χ3n) is 6.27. The number of hydroxylamine groups is 2. The predicted octanol–water partition coefficient (Wildman–Crippen LogP) is 3.09. The Morgan fingerprint density at radius 1 is 1.39 bits per heavy atom. The van der Waals surface area contributed by atoms with Crippen molar-refractivity contribution in [2.75, 3.05) is 32.2 Å². The number of quaternary nitrogens is 1. The molecular formula is C23H22N4O4. The van der Waals surface area contributed by atoms with Crippen LogP contribution in [0.5, 0.6) is 5.88 Å². The van der Waals surface area contributed by atoms with E-state index in [0.29, 0.717) is 54.0 Å². The van der Waals surface area contributed by atoms with Crippen molar-refractivity contribution in [1.82, 2.24) is 9.63 Å². The van der Waals surface area contributed by atoms with Gasteiger partial charge in [0.1, 0.15) is 5.69 Å². The largest absolute Gasteiger partial charge is 0.620 e. The number of benzene rings is 1. The van der Waals surface area contributed by atoms with E-state index in [9.17, 15) is 15.3 Å². The number of aryl methyl sites for hydroxylation is 1. The lowest BCUT2D eigenvalue weighted by Crippen LogP contribution is -2.51. The highest BCUT2D eigenvalue weighted by atomic mass is 16.6. The summed E-state index contributed by atoms with van der Waals surface area (Å²) < 4.78 is 10.1. The molecule has 1 aromatic heterocycles. The van der Waals surface area contributed by atoms with E-state index in [1.54, 1.807) is 18.3 Å². The van der Waals surface area contributed by atoms with Crippen LogP contribution in [0.15, 0.2) is 35.7 Å². The first-order valence-electron chi connectivity index (χ1n) is 10.2. The smallest absolute Gasteiger partial charge is 0.349 e. The number of nitrogens with one attached hydrogen (secondary N) is 1. The van der Waals surface area contributed by atoms with Gasteiger partial charge in [-0.25, -0.2) is 9.78 Å². The van der Waals surface area contributed by atoms with Crippen LogP contribution in [0.4, 0.5) is 11.4 Å². The Kier molecular flexibility index (Phi) is 4.38. The molecule has 5 rings (SSSR count). The van der Waals surface area contributed by atoms with Gasteiger partial charge in [-0.05, 0) is 25.5 Å². The summed E-state index contributed by atoms with van der Waals surface area (Å²) in [6.45, 7) is 5.54. The van der Waals surface area contributed by atoms with Gasteiger partial charge in [-0.3, -0.25) is 4.65 Å². The number of pyridine rings is 1. The number of amides is 1. The minimum Gasteiger partial charge on any atom is -0.620 e. The first-order valence-corrected chi connectivity index (χ1v) is 10.2. The lowest BCUT2D eigenvalue weighted by molar-refractivity contribution is -0.123. The zero-order valence-electron chi connectivity index (χ0n) is 17.6. The highest BCUT2D eigenvalue weighted by Crippen LogP contribution is 2.53. The van der Waals surface area contributed by atoms with Crippen LogP contribution in [0.1, 0.15) is 35.1 Å². The minimum absolute atomic E-state index is 0.276. The third-order valence-corrected chi connectivity index (χ3v) is 6.27. The Morgan fingerprint density at radius 3 is 2.84 bits per heavy atom. The molecule has 0 aliphatic carbocycles. The van der Waals surface area contributed by atoms with Crippen LogP contribution >= 0.6 is 0 Å². The van der Waals surface area contributed by atoms with Gasteiger partial charge in [0.05, 0.1) is 61.2 Å². The summed E-state index contributed by atoms with van der Waals surface area (Å²) in [4.78, 5) is 17.9. The monoisotopic (exact) mass is 418 g/mol. The Balaban J connectivity index is 1.73. The molecule has 31 heavy (non-hydrogen) atoms. The van der Waals surface area contributed by atoms with Crippen molar-refractivity contribution in [3.63, 3.8) is 0 Å². The Bertz CT molecular complexity index is 1190. The molecule has 2 unspecified atom stereocenters. The van der Waals surface area contributed by atoms with Crippen molar-refractivity contribution in [2.24, 2.45) is 5.92 Å². The van der Waals surface area contributed by atoms with Gasteiger partial charge < -0.3 is 20.0 Å². The number of rotatable bonds is 3. The number of likely N-dealkylation sites (N-methyl/N-ethyl adjacent to an activating group) is 1. The van der Waals surface area contributed by atoms with Gasteiger partial charge in [-0.1, -0.05) is 6.07 Å². The summed E-state index contributed by atoms with van der Waals surface area (Å²) in [6.07, 6.45) is 1.74. The first-order chi connectivity index (χ1) is 14.8. The van der Waals surface area contributed by atoms with Crippen molar-refractivity contribution in [3.8, 4) is 11.9 Å². The number of aromatic nitrogens is 1. The fourth-order valence-corrected chi connectivity index (χ4v) is 4.51. The van der Waals surface area contributed by atoms with E-state index in [4.69, 9.17) is 9.47 Å². The number of carbonyl (C=O) groups is 1. The Labute approximate surface area is 179 Å². The maximum Gasteiger partial charge on any atom is 0.349 e. The van der Waals surface area contributed by atoms with Gasteiger partial charge in [0.25, 0.3) is 0 Å². The lowest BCUT2D eigenvalue weighted by Gasteiger charge is -2.45. The zero-order valence-corrected chi connectivity index (χ0v) is 17.6. The predicted molar refractivity (Wildman–Crippen MR) is 114 cm³/mol. The highest BCUT2D eigenvalue weighted by Gasteiger charge is 2.48. The topological polar surface area (TPSA) is 107 Å². The second-order valence-electron chi connectivity index (χ2n) is 8.46. The summed E-state index contributed by atoms with van der Waals surface area (Å²) in [5.41, 5.74) is 4.87. The molecular weight excluding hydrogens is 396 g/mol. The molecule has 158 valence electrons. The maximum atomic E-state index is 13.4. The molecule has 8 heteroatoms. The molecule has 0 spiro atoms. The fourth-order valence-electron chi connectivity index (χ4n) is 4.51. The summed E-state index contributed by atoms with van der Waals surface area (Å²) in [7, 11) is 1.32. The van der Waals surface area contributed by atoms with Gasteiger partial charge >= 0.3 is 5.91 Å². The second-order valence-corrected chi connectivity index (χ2v) is 8.46. The molecule has 8 nitrogen and oxygen atoms in total. The summed E-state index contributed by atoms with van der Waals surface area (Å²) in [5.74, 6) is -0.290. The lowest BCUT2D eigenvalue weighted by atomic mass is 9.76. The van der Waals surface area contributed by atoms with Crippen LogP contribution in [0.2, 0.25) is 0 Å². The Morgan fingerprint density at radius 2 is 2.16 bits per heavy atom. The number of hydrogen-bond acceptors (Lipinski definition) is 7.